The predicted octanol–water partition coefficient (Wildman–Crippen LogP) is 1.07. The first-order valence-electron chi connectivity index (χ1n) is 4.53. The normalized spacial score (nSPS) is 13.9. The molecule has 2 N–H and O–H groups in total. The molecule has 2 rings (SSSR count). The van der Waals surface area contributed by atoms with Gasteiger partial charge in [0, 0.05) is 5.56 Å². The standard InChI is InChI=1S/C10H9NO5/c12-10(13)4-7(11-14)6-1-2-8-9(3-6)16-5-15-8/h1-3,14H,4-5H2,(H,12,13)/b11-7-. The first-order valence-corrected chi connectivity index (χ1v) is 4.53. The highest BCUT2D eigenvalue weighted by molar-refractivity contribution is 6.08. The summed E-state index contributed by atoms with van der Waals surface area (Å²) in [6, 6.07) is 4.84. The van der Waals surface area contributed by atoms with E-state index in [1.165, 1.54) is 0 Å². The Kier molecular flexibility index (Phi) is 2.63. The Morgan fingerprint density at radius 3 is 2.81 bits per heavy atom. The van der Waals surface area contributed by atoms with Crippen LogP contribution in [-0.2, 0) is 4.79 Å². The molecular formula is C10H9NO5. The fourth-order valence-electron chi connectivity index (χ4n) is 1.41. The first kappa shape index (κ1) is 10.3. The predicted molar refractivity (Wildman–Crippen MR) is 53.1 cm³/mol. The molecule has 0 bridgehead atoms. The summed E-state index contributed by atoms with van der Waals surface area (Å²) in [6.07, 6.45) is -0.351. The number of oxime groups is 1. The molecule has 84 valence electrons. The van der Waals surface area contributed by atoms with Gasteiger partial charge in [-0.3, -0.25) is 4.79 Å². The number of nitrogens with zero attached hydrogens (tertiary/aromatic N) is 1. The maximum absolute atomic E-state index is 10.5. The van der Waals surface area contributed by atoms with Gasteiger partial charge in [0.15, 0.2) is 11.5 Å². The van der Waals surface area contributed by atoms with Crippen LogP contribution in [0.15, 0.2) is 23.4 Å². The van der Waals surface area contributed by atoms with E-state index in [0.717, 1.165) is 0 Å². The van der Waals surface area contributed by atoms with E-state index in [1.807, 2.05) is 0 Å². The summed E-state index contributed by atoms with van der Waals surface area (Å²) in [6.45, 7) is 0.142. The Bertz CT molecular complexity index is 455. The van der Waals surface area contributed by atoms with Gasteiger partial charge >= 0.3 is 5.97 Å². The number of carboxylic acid groups (broad SMARTS) is 1. The molecule has 0 atom stereocenters. The first-order chi connectivity index (χ1) is 7.70. The van der Waals surface area contributed by atoms with Crippen molar-refractivity contribution in [3.8, 4) is 11.5 Å². The zero-order valence-corrected chi connectivity index (χ0v) is 8.21. The molecule has 16 heavy (non-hydrogen) atoms. The van der Waals surface area contributed by atoms with Crippen molar-refractivity contribution in [2.24, 2.45) is 5.16 Å². The summed E-state index contributed by atoms with van der Waals surface area (Å²) >= 11 is 0. The zero-order valence-electron chi connectivity index (χ0n) is 8.21. The number of hydrogen-bond donors (Lipinski definition) is 2. The van der Waals surface area contributed by atoms with Crippen molar-refractivity contribution in [1.29, 1.82) is 0 Å². The van der Waals surface area contributed by atoms with Gasteiger partial charge in [-0.25, -0.2) is 0 Å². The van der Waals surface area contributed by atoms with Gasteiger partial charge < -0.3 is 19.8 Å². The second kappa shape index (κ2) is 4.09. The van der Waals surface area contributed by atoms with Gasteiger partial charge in [-0.1, -0.05) is 5.16 Å². The van der Waals surface area contributed by atoms with E-state index in [4.69, 9.17) is 19.8 Å². The average molecular weight is 223 g/mol. The van der Waals surface area contributed by atoms with Crippen LogP contribution in [0.3, 0.4) is 0 Å². The van der Waals surface area contributed by atoms with Gasteiger partial charge in [0.05, 0.1) is 12.1 Å². The van der Waals surface area contributed by atoms with Crippen LogP contribution in [0.4, 0.5) is 0 Å². The minimum atomic E-state index is -1.06. The highest BCUT2D eigenvalue weighted by Crippen LogP contribution is 2.32. The fraction of sp³-hybridized carbons (Fsp3) is 0.200. The third-order valence-corrected chi connectivity index (χ3v) is 2.15. The Morgan fingerprint density at radius 1 is 1.38 bits per heavy atom. The van der Waals surface area contributed by atoms with Crippen molar-refractivity contribution in [3.63, 3.8) is 0 Å². The summed E-state index contributed by atoms with van der Waals surface area (Å²) in [5.41, 5.74) is 0.569. The minimum Gasteiger partial charge on any atom is -0.481 e. The molecular weight excluding hydrogens is 214 g/mol. The van der Waals surface area contributed by atoms with E-state index < -0.39 is 5.97 Å². The molecule has 0 spiro atoms. The van der Waals surface area contributed by atoms with Crippen molar-refractivity contribution in [3.05, 3.63) is 23.8 Å². The Hall–Kier alpha value is -2.24. The fourth-order valence-corrected chi connectivity index (χ4v) is 1.41. The maximum Gasteiger partial charge on any atom is 0.309 e. The number of rotatable bonds is 3. The lowest BCUT2D eigenvalue weighted by molar-refractivity contribution is -0.135. The largest absolute Gasteiger partial charge is 0.481 e. The maximum atomic E-state index is 10.5. The number of ether oxygens (including phenoxy) is 2. The summed E-state index contributed by atoms with van der Waals surface area (Å²) in [7, 11) is 0. The van der Waals surface area contributed by atoms with Crippen molar-refractivity contribution in [1.82, 2.24) is 0 Å². The van der Waals surface area contributed by atoms with E-state index in [0.29, 0.717) is 17.1 Å². The van der Waals surface area contributed by atoms with Crippen LogP contribution in [0.2, 0.25) is 0 Å². The lowest BCUT2D eigenvalue weighted by atomic mass is 10.1. The number of hydrogen-bond acceptors (Lipinski definition) is 5. The van der Waals surface area contributed by atoms with Crippen molar-refractivity contribution in [2.75, 3.05) is 6.79 Å². The number of carbonyl (C=O) groups is 1. The minimum absolute atomic E-state index is 0.0748. The monoisotopic (exact) mass is 223 g/mol. The molecule has 6 heteroatoms. The molecule has 0 aliphatic carbocycles. The van der Waals surface area contributed by atoms with Crippen molar-refractivity contribution >= 4 is 11.7 Å². The van der Waals surface area contributed by atoms with Crippen LogP contribution in [0.5, 0.6) is 11.5 Å². The molecule has 1 aromatic carbocycles. The third-order valence-electron chi connectivity index (χ3n) is 2.15. The van der Waals surface area contributed by atoms with Gasteiger partial charge in [-0.15, -0.1) is 0 Å². The van der Waals surface area contributed by atoms with E-state index in [-0.39, 0.29) is 18.9 Å². The van der Waals surface area contributed by atoms with E-state index >= 15 is 0 Å². The molecule has 0 saturated carbocycles. The Morgan fingerprint density at radius 2 is 2.12 bits per heavy atom. The Balaban J connectivity index is 2.29. The number of aliphatic carboxylic acids is 1. The van der Waals surface area contributed by atoms with Crippen LogP contribution in [0.1, 0.15) is 12.0 Å². The van der Waals surface area contributed by atoms with Crippen LogP contribution in [0, 0.1) is 0 Å². The zero-order chi connectivity index (χ0) is 11.5. The summed E-state index contributed by atoms with van der Waals surface area (Å²) in [5, 5.41) is 20.3. The smallest absolute Gasteiger partial charge is 0.309 e. The summed E-state index contributed by atoms with van der Waals surface area (Å²) in [4.78, 5) is 10.5. The van der Waals surface area contributed by atoms with Gasteiger partial charge in [0.25, 0.3) is 0 Å². The molecule has 0 fully saturated rings. The van der Waals surface area contributed by atoms with Crippen molar-refractivity contribution < 1.29 is 24.6 Å². The quantitative estimate of drug-likeness (QED) is 0.454. The van der Waals surface area contributed by atoms with Gasteiger partial charge in [0.1, 0.15) is 0 Å². The SMILES string of the molecule is O=C(O)C/C(=N/O)c1ccc2c(c1)OCO2. The van der Waals surface area contributed by atoms with Crippen molar-refractivity contribution in [2.45, 2.75) is 6.42 Å². The van der Waals surface area contributed by atoms with E-state index in [1.54, 1.807) is 18.2 Å². The summed E-state index contributed by atoms with van der Waals surface area (Å²) < 4.78 is 10.2. The highest BCUT2D eigenvalue weighted by atomic mass is 16.7. The topological polar surface area (TPSA) is 88.4 Å². The lowest BCUT2D eigenvalue weighted by Gasteiger charge is -2.03. The van der Waals surface area contributed by atoms with E-state index in [2.05, 4.69) is 5.16 Å². The summed E-state index contributed by atoms with van der Waals surface area (Å²) in [5.74, 6) is 0.0471. The van der Waals surface area contributed by atoms with Crippen LogP contribution >= 0.6 is 0 Å². The molecule has 0 aromatic heterocycles. The highest BCUT2D eigenvalue weighted by Gasteiger charge is 2.16. The molecule has 0 amide bonds. The van der Waals surface area contributed by atoms with Crippen LogP contribution in [-0.4, -0.2) is 28.8 Å². The second-order valence-electron chi connectivity index (χ2n) is 3.19. The van der Waals surface area contributed by atoms with E-state index in [9.17, 15) is 4.79 Å². The Labute approximate surface area is 90.7 Å². The molecule has 1 heterocycles. The van der Waals surface area contributed by atoms with Gasteiger partial charge in [-0.2, -0.15) is 0 Å². The molecule has 0 radical (unpaired) electrons. The molecule has 6 nitrogen and oxygen atoms in total. The molecule has 1 aromatic rings. The van der Waals surface area contributed by atoms with Gasteiger partial charge in [-0.05, 0) is 18.2 Å². The average Bonchev–Trinajstić information content (AvgIpc) is 2.72. The number of benzene rings is 1. The van der Waals surface area contributed by atoms with Crippen LogP contribution < -0.4 is 9.47 Å². The second-order valence-corrected chi connectivity index (χ2v) is 3.19. The molecule has 0 saturated heterocycles. The molecule has 1 aliphatic rings. The molecule has 1 aliphatic heterocycles. The number of fused-ring (bicyclic) bond motifs is 1. The van der Waals surface area contributed by atoms with Gasteiger partial charge in [0.2, 0.25) is 6.79 Å². The third kappa shape index (κ3) is 1.90. The number of carboxylic acids is 1. The van der Waals surface area contributed by atoms with Crippen LogP contribution in [0.25, 0.3) is 0 Å². The lowest BCUT2D eigenvalue weighted by Crippen LogP contribution is -2.08. The molecule has 0 unspecified atom stereocenters.